The number of nitrogens with one attached hydrogen (secondary N) is 1. The summed E-state index contributed by atoms with van der Waals surface area (Å²) in [5.41, 5.74) is 1.66. The second kappa shape index (κ2) is 7.70. The lowest BCUT2D eigenvalue weighted by Gasteiger charge is -2.08. The topological polar surface area (TPSA) is 79.3 Å². The molecule has 0 aliphatic heterocycles. The monoisotopic (exact) mass is 318 g/mol. The van der Waals surface area contributed by atoms with Gasteiger partial charge in [0.2, 0.25) is 5.91 Å². The molecule has 2 rings (SSSR count). The number of hydrogen-bond acceptors (Lipinski definition) is 4. The summed E-state index contributed by atoms with van der Waals surface area (Å²) in [4.78, 5) is 26.8. The number of benzene rings is 1. The van der Waals surface area contributed by atoms with Gasteiger partial charge in [0.1, 0.15) is 0 Å². The number of amides is 1. The molecule has 1 atom stereocenters. The lowest BCUT2D eigenvalue weighted by atomic mass is 10.0. The smallest absolute Gasteiger partial charge is 0.306 e. The summed E-state index contributed by atoms with van der Waals surface area (Å²) >= 11 is 1.54. The van der Waals surface area contributed by atoms with Crippen molar-refractivity contribution < 1.29 is 14.7 Å². The van der Waals surface area contributed by atoms with Crippen LogP contribution in [0.25, 0.3) is 0 Å². The molecule has 22 heavy (non-hydrogen) atoms. The molecule has 1 unspecified atom stereocenters. The van der Waals surface area contributed by atoms with Gasteiger partial charge >= 0.3 is 5.97 Å². The number of aryl methyl sites for hydroxylation is 1. The van der Waals surface area contributed by atoms with E-state index in [0.717, 1.165) is 16.3 Å². The van der Waals surface area contributed by atoms with Gasteiger partial charge in [0, 0.05) is 30.1 Å². The van der Waals surface area contributed by atoms with E-state index in [1.54, 1.807) is 36.6 Å². The standard InChI is InChI=1S/C16H18N2O3S/c1-11(16(20)21)10-12-2-4-13(5-3-12)18-14(19)6-7-15-17-8-9-22-15/h2-5,8-9,11H,6-7,10H2,1H3,(H,18,19)(H,20,21). The Bertz CT molecular complexity index is 623. The molecule has 0 aliphatic rings. The van der Waals surface area contributed by atoms with Gasteiger partial charge in [0.05, 0.1) is 10.9 Å². The van der Waals surface area contributed by atoms with E-state index in [2.05, 4.69) is 10.3 Å². The molecular weight excluding hydrogens is 300 g/mol. The Kier molecular flexibility index (Phi) is 5.66. The highest BCUT2D eigenvalue weighted by atomic mass is 32.1. The Morgan fingerprint density at radius 1 is 1.32 bits per heavy atom. The second-order valence-electron chi connectivity index (χ2n) is 5.11. The van der Waals surface area contributed by atoms with Crippen LogP contribution in [0, 0.1) is 5.92 Å². The van der Waals surface area contributed by atoms with Gasteiger partial charge in [-0.05, 0) is 24.1 Å². The van der Waals surface area contributed by atoms with E-state index in [1.807, 2.05) is 17.5 Å². The van der Waals surface area contributed by atoms with Gasteiger partial charge in [-0.15, -0.1) is 11.3 Å². The molecule has 0 fully saturated rings. The average molecular weight is 318 g/mol. The highest BCUT2D eigenvalue weighted by molar-refractivity contribution is 7.09. The fourth-order valence-electron chi connectivity index (χ4n) is 1.99. The molecule has 2 aromatic rings. The molecule has 0 radical (unpaired) electrons. The Morgan fingerprint density at radius 2 is 2.05 bits per heavy atom. The predicted molar refractivity (Wildman–Crippen MR) is 86.0 cm³/mol. The summed E-state index contributed by atoms with van der Waals surface area (Å²) in [6, 6.07) is 7.28. The van der Waals surface area contributed by atoms with Crippen molar-refractivity contribution in [1.29, 1.82) is 0 Å². The zero-order valence-corrected chi connectivity index (χ0v) is 13.1. The summed E-state index contributed by atoms with van der Waals surface area (Å²) in [6.45, 7) is 1.68. The largest absolute Gasteiger partial charge is 0.481 e. The highest BCUT2D eigenvalue weighted by Crippen LogP contribution is 2.14. The molecule has 1 heterocycles. The molecule has 5 nitrogen and oxygen atoms in total. The fourth-order valence-corrected chi connectivity index (χ4v) is 2.61. The fraction of sp³-hybridized carbons (Fsp3) is 0.312. The zero-order chi connectivity index (χ0) is 15.9. The summed E-state index contributed by atoms with van der Waals surface area (Å²) in [5, 5.41) is 14.6. The van der Waals surface area contributed by atoms with Crippen molar-refractivity contribution in [3.05, 3.63) is 46.4 Å². The molecule has 0 saturated heterocycles. The lowest BCUT2D eigenvalue weighted by molar-refractivity contribution is -0.141. The van der Waals surface area contributed by atoms with Crippen molar-refractivity contribution in [2.75, 3.05) is 5.32 Å². The van der Waals surface area contributed by atoms with Crippen molar-refractivity contribution in [3.63, 3.8) is 0 Å². The van der Waals surface area contributed by atoms with Gasteiger partial charge in [-0.3, -0.25) is 9.59 Å². The second-order valence-corrected chi connectivity index (χ2v) is 6.09. The first-order valence-electron chi connectivity index (χ1n) is 7.04. The highest BCUT2D eigenvalue weighted by Gasteiger charge is 2.11. The zero-order valence-electron chi connectivity index (χ0n) is 12.3. The minimum Gasteiger partial charge on any atom is -0.481 e. The molecule has 1 amide bonds. The number of carbonyl (C=O) groups is 2. The quantitative estimate of drug-likeness (QED) is 0.822. The van der Waals surface area contributed by atoms with Crippen molar-refractivity contribution >= 4 is 28.9 Å². The normalized spacial score (nSPS) is 11.9. The maximum Gasteiger partial charge on any atom is 0.306 e. The first kappa shape index (κ1) is 16.2. The molecule has 6 heteroatoms. The Balaban J connectivity index is 1.82. The third-order valence-corrected chi connectivity index (χ3v) is 4.09. The Morgan fingerprint density at radius 3 is 2.64 bits per heavy atom. The van der Waals surface area contributed by atoms with E-state index < -0.39 is 11.9 Å². The summed E-state index contributed by atoms with van der Waals surface area (Å²) in [5.74, 6) is -1.28. The number of aromatic nitrogens is 1. The van der Waals surface area contributed by atoms with Crippen LogP contribution in [0.2, 0.25) is 0 Å². The van der Waals surface area contributed by atoms with Crippen LogP contribution in [0.1, 0.15) is 23.9 Å². The Hall–Kier alpha value is -2.21. The average Bonchev–Trinajstić information content (AvgIpc) is 3.00. The third kappa shape index (κ3) is 4.96. The van der Waals surface area contributed by atoms with Crippen LogP contribution in [0.5, 0.6) is 0 Å². The van der Waals surface area contributed by atoms with Gasteiger partial charge in [0.15, 0.2) is 0 Å². The van der Waals surface area contributed by atoms with Crippen LogP contribution < -0.4 is 5.32 Å². The SMILES string of the molecule is CC(Cc1ccc(NC(=O)CCc2nccs2)cc1)C(=O)O. The van der Waals surface area contributed by atoms with Crippen molar-refractivity contribution in [2.24, 2.45) is 5.92 Å². The number of carbonyl (C=O) groups excluding carboxylic acids is 1. The Labute approximate surface area is 133 Å². The number of rotatable bonds is 7. The summed E-state index contributed by atoms with van der Waals surface area (Å²) in [6.07, 6.45) is 3.24. The molecular formula is C16H18N2O3S. The number of carboxylic acid groups (broad SMARTS) is 1. The molecule has 0 aliphatic carbocycles. The summed E-state index contributed by atoms with van der Waals surface area (Å²) < 4.78 is 0. The van der Waals surface area contributed by atoms with Gasteiger partial charge in [0.25, 0.3) is 0 Å². The predicted octanol–water partition coefficient (Wildman–Crippen LogP) is 2.98. The number of aliphatic carboxylic acids is 1. The van der Waals surface area contributed by atoms with E-state index >= 15 is 0 Å². The summed E-state index contributed by atoms with van der Waals surface area (Å²) in [7, 11) is 0. The van der Waals surface area contributed by atoms with E-state index in [9.17, 15) is 9.59 Å². The number of nitrogens with zero attached hydrogens (tertiary/aromatic N) is 1. The molecule has 1 aromatic heterocycles. The maximum atomic E-state index is 11.8. The molecule has 2 N–H and O–H groups in total. The molecule has 0 spiro atoms. The van der Waals surface area contributed by atoms with Gasteiger partial charge in [-0.1, -0.05) is 19.1 Å². The third-order valence-electron chi connectivity index (χ3n) is 3.25. The van der Waals surface area contributed by atoms with Crippen LogP contribution in [-0.2, 0) is 22.4 Å². The first-order valence-corrected chi connectivity index (χ1v) is 7.92. The van der Waals surface area contributed by atoms with Crippen molar-refractivity contribution in [1.82, 2.24) is 4.98 Å². The van der Waals surface area contributed by atoms with Gasteiger partial charge in [-0.25, -0.2) is 4.98 Å². The van der Waals surface area contributed by atoms with Crippen molar-refractivity contribution in [3.8, 4) is 0 Å². The van der Waals surface area contributed by atoms with Crippen LogP contribution in [0.4, 0.5) is 5.69 Å². The van der Waals surface area contributed by atoms with Crippen LogP contribution in [0.15, 0.2) is 35.8 Å². The molecule has 0 bridgehead atoms. The first-order chi connectivity index (χ1) is 10.5. The maximum absolute atomic E-state index is 11.8. The number of thiazole rings is 1. The van der Waals surface area contributed by atoms with E-state index in [0.29, 0.717) is 19.3 Å². The molecule has 1 aromatic carbocycles. The van der Waals surface area contributed by atoms with Gasteiger partial charge < -0.3 is 10.4 Å². The van der Waals surface area contributed by atoms with E-state index in [4.69, 9.17) is 5.11 Å². The van der Waals surface area contributed by atoms with Crippen LogP contribution in [0.3, 0.4) is 0 Å². The van der Waals surface area contributed by atoms with Crippen LogP contribution >= 0.6 is 11.3 Å². The number of hydrogen-bond donors (Lipinski definition) is 2. The number of anilines is 1. The van der Waals surface area contributed by atoms with Gasteiger partial charge in [-0.2, -0.15) is 0 Å². The van der Waals surface area contributed by atoms with E-state index in [-0.39, 0.29) is 5.91 Å². The van der Waals surface area contributed by atoms with E-state index in [1.165, 1.54) is 0 Å². The molecule has 116 valence electrons. The van der Waals surface area contributed by atoms with Crippen LogP contribution in [-0.4, -0.2) is 22.0 Å². The van der Waals surface area contributed by atoms with Crippen molar-refractivity contribution in [2.45, 2.75) is 26.2 Å². The molecule has 0 saturated carbocycles. The number of carboxylic acids is 1. The minimum atomic E-state index is -0.806. The lowest BCUT2D eigenvalue weighted by Crippen LogP contribution is -2.13. The minimum absolute atomic E-state index is 0.0538.